The number of carbonyl (C=O) groups is 1. The lowest BCUT2D eigenvalue weighted by molar-refractivity contribution is -0.385. The van der Waals surface area contributed by atoms with Gasteiger partial charge in [0.05, 0.1) is 23.6 Å². The molecule has 0 aliphatic heterocycles. The number of ether oxygens (including phenoxy) is 2. The molecule has 0 atom stereocenters. The predicted molar refractivity (Wildman–Crippen MR) is 88.4 cm³/mol. The van der Waals surface area contributed by atoms with Gasteiger partial charge in [0.1, 0.15) is 18.1 Å². The van der Waals surface area contributed by atoms with Crippen molar-refractivity contribution >= 4 is 11.5 Å². The molecule has 2 N–H and O–H groups in total. The number of non-ortho nitro benzene ring substituents is 1. The van der Waals surface area contributed by atoms with E-state index in [4.69, 9.17) is 15.2 Å². The van der Waals surface area contributed by atoms with Crippen LogP contribution in [-0.2, 0) is 6.61 Å². The molecule has 0 amide bonds. The highest BCUT2D eigenvalue weighted by molar-refractivity contribution is 5.99. The molecule has 24 heavy (non-hydrogen) atoms. The van der Waals surface area contributed by atoms with Crippen LogP contribution in [0.15, 0.2) is 42.5 Å². The number of benzene rings is 2. The summed E-state index contributed by atoms with van der Waals surface area (Å²) in [5, 5.41) is 10.9. The molecule has 0 fully saturated rings. The van der Waals surface area contributed by atoms with E-state index in [-0.39, 0.29) is 24.6 Å². The zero-order valence-electron chi connectivity index (χ0n) is 13.2. The number of ketones is 1. The number of nitro benzene ring substituents is 1. The summed E-state index contributed by atoms with van der Waals surface area (Å²) in [6.07, 6.45) is 0. The van der Waals surface area contributed by atoms with Gasteiger partial charge in [-0.15, -0.1) is 0 Å². The van der Waals surface area contributed by atoms with Gasteiger partial charge in [0.2, 0.25) is 0 Å². The van der Waals surface area contributed by atoms with Crippen molar-refractivity contribution in [2.45, 2.75) is 13.5 Å². The minimum absolute atomic E-state index is 0.0336. The molecule has 0 aliphatic rings. The molecule has 0 unspecified atom stereocenters. The fourth-order valence-electron chi connectivity index (χ4n) is 2.18. The predicted octanol–water partition coefficient (Wildman–Crippen LogP) is 2.71. The van der Waals surface area contributed by atoms with Crippen molar-refractivity contribution in [2.75, 3.05) is 13.2 Å². The van der Waals surface area contributed by atoms with Crippen molar-refractivity contribution in [1.82, 2.24) is 0 Å². The summed E-state index contributed by atoms with van der Waals surface area (Å²) < 4.78 is 11.2. The first-order valence-corrected chi connectivity index (χ1v) is 7.42. The molecule has 2 aromatic rings. The number of carbonyl (C=O) groups excluding carboxylic acids is 1. The Morgan fingerprint density at radius 1 is 1.17 bits per heavy atom. The van der Waals surface area contributed by atoms with Gasteiger partial charge in [-0.05, 0) is 25.1 Å². The summed E-state index contributed by atoms with van der Waals surface area (Å²) in [4.78, 5) is 22.3. The smallest absolute Gasteiger partial charge is 0.270 e. The number of nitrogens with zero attached hydrogens (tertiary/aromatic N) is 1. The molecule has 0 saturated carbocycles. The topological polar surface area (TPSA) is 105 Å². The van der Waals surface area contributed by atoms with E-state index in [0.29, 0.717) is 29.2 Å². The molecule has 2 aromatic carbocycles. The number of hydrogen-bond donors (Lipinski definition) is 1. The monoisotopic (exact) mass is 330 g/mol. The lowest BCUT2D eigenvalue weighted by Gasteiger charge is -2.13. The molecule has 7 nitrogen and oxygen atoms in total. The molecular formula is C17H18N2O5. The standard InChI is InChI=1S/C17H18N2O5/c1-2-23-16-8-7-13(19(21)22)9-12(16)11-24-17-6-4-3-5-14(17)15(20)10-18/h3-9H,2,10-11,18H2,1H3. The summed E-state index contributed by atoms with van der Waals surface area (Å²) in [6.45, 7) is 2.15. The molecule has 0 spiro atoms. The van der Waals surface area contributed by atoms with Crippen molar-refractivity contribution in [1.29, 1.82) is 0 Å². The maximum Gasteiger partial charge on any atom is 0.270 e. The van der Waals surface area contributed by atoms with E-state index in [1.807, 2.05) is 6.92 Å². The molecule has 0 bridgehead atoms. The van der Waals surface area contributed by atoms with Crippen LogP contribution in [0.1, 0.15) is 22.8 Å². The van der Waals surface area contributed by atoms with E-state index in [9.17, 15) is 14.9 Å². The lowest BCUT2D eigenvalue weighted by atomic mass is 10.1. The van der Waals surface area contributed by atoms with Crippen molar-refractivity contribution < 1.29 is 19.2 Å². The minimum atomic E-state index is -0.481. The van der Waals surface area contributed by atoms with Gasteiger partial charge >= 0.3 is 0 Å². The zero-order valence-corrected chi connectivity index (χ0v) is 13.2. The summed E-state index contributed by atoms with van der Waals surface area (Å²) in [5.41, 5.74) is 6.25. The van der Waals surface area contributed by atoms with E-state index in [1.54, 1.807) is 24.3 Å². The molecule has 0 saturated heterocycles. The first-order chi connectivity index (χ1) is 11.6. The van der Waals surface area contributed by atoms with E-state index in [0.717, 1.165) is 0 Å². The molecule has 0 radical (unpaired) electrons. The average molecular weight is 330 g/mol. The summed E-state index contributed by atoms with van der Waals surface area (Å²) in [5.74, 6) is 0.641. The van der Waals surface area contributed by atoms with E-state index < -0.39 is 4.92 Å². The van der Waals surface area contributed by atoms with Gasteiger partial charge in [-0.3, -0.25) is 14.9 Å². The highest BCUT2D eigenvalue weighted by Crippen LogP contribution is 2.27. The van der Waals surface area contributed by atoms with Crippen LogP contribution in [0.3, 0.4) is 0 Å². The Kier molecular flexibility index (Phi) is 5.86. The second kappa shape index (κ2) is 8.07. The average Bonchev–Trinajstić information content (AvgIpc) is 2.60. The van der Waals surface area contributed by atoms with Crippen LogP contribution in [0.25, 0.3) is 0 Å². The second-order valence-electron chi connectivity index (χ2n) is 4.89. The number of para-hydroxylation sites is 1. The largest absolute Gasteiger partial charge is 0.493 e. The fraction of sp³-hybridized carbons (Fsp3) is 0.235. The van der Waals surface area contributed by atoms with Crippen LogP contribution in [-0.4, -0.2) is 23.9 Å². The lowest BCUT2D eigenvalue weighted by Crippen LogP contribution is -2.15. The van der Waals surface area contributed by atoms with Crippen LogP contribution in [0.4, 0.5) is 5.69 Å². The number of rotatable bonds is 8. The van der Waals surface area contributed by atoms with Crippen molar-refractivity contribution in [3.05, 3.63) is 63.7 Å². The van der Waals surface area contributed by atoms with Gasteiger partial charge in [0.15, 0.2) is 5.78 Å². The molecule has 0 aromatic heterocycles. The van der Waals surface area contributed by atoms with Gasteiger partial charge in [-0.2, -0.15) is 0 Å². The SMILES string of the molecule is CCOc1ccc([N+](=O)[O-])cc1COc1ccccc1C(=O)CN. The van der Waals surface area contributed by atoms with Crippen LogP contribution < -0.4 is 15.2 Å². The Morgan fingerprint density at radius 3 is 2.58 bits per heavy atom. The van der Waals surface area contributed by atoms with Crippen molar-refractivity contribution in [3.8, 4) is 11.5 Å². The Hall–Kier alpha value is -2.93. The van der Waals surface area contributed by atoms with E-state index in [1.165, 1.54) is 18.2 Å². The Labute approximate surface area is 139 Å². The first-order valence-electron chi connectivity index (χ1n) is 7.42. The normalized spacial score (nSPS) is 10.2. The van der Waals surface area contributed by atoms with Gasteiger partial charge in [0, 0.05) is 17.7 Å². The Balaban J connectivity index is 2.27. The second-order valence-corrected chi connectivity index (χ2v) is 4.89. The fourth-order valence-corrected chi connectivity index (χ4v) is 2.18. The first kappa shape index (κ1) is 17.4. The molecule has 2 rings (SSSR count). The number of nitrogens with two attached hydrogens (primary N) is 1. The number of Topliss-reactive ketones (excluding diaryl/α,β-unsaturated/α-hetero) is 1. The van der Waals surface area contributed by atoms with Crippen LogP contribution in [0.5, 0.6) is 11.5 Å². The highest BCUT2D eigenvalue weighted by Gasteiger charge is 2.14. The van der Waals surface area contributed by atoms with Gasteiger partial charge in [-0.1, -0.05) is 12.1 Å². The number of hydrogen-bond acceptors (Lipinski definition) is 6. The Morgan fingerprint density at radius 2 is 1.92 bits per heavy atom. The third kappa shape index (κ3) is 4.08. The highest BCUT2D eigenvalue weighted by atomic mass is 16.6. The van der Waals surface area contributed by atoms with Crippen LogP contribution in [0, 0.1) is 10.1 Å². The molecule has 0 aliphatic carbocycles. The third-order valence-electron chi connectivity index (χ3n) is 3.31. The van der Waals surface area contributed by atoms with Gasteiger partial charge < -0.3 is 15.2 Å². The summed E-state index contributed by atoms with van der Waals surface area (Å²) in [7, 11) is 0. The van der Waals surface area contributed by atoms with Gasteiger partial charge in [-0.25, -0.2) is 0 Å². The molecule has 0 heterocycles. The molecule has 7 heteroatoms. The number of nitro groups is 1. The third-order valence-corrected chi connectivity index (χ3v) is 3.31. The Bertz CT molecular complexity index is 746. The van der Waals surface area contributed by atoms with Crippen molar-refractivity contribution in [2.24, 2.45) is 5.73 Å². The molecule has 126 valence electrons. The quantitative estimate of drug-likeness (QED) is 0.453. The summed E-state index contributed by atoms with van der Waals surface area (Å²) >= 11 is 0. The van der Waals surface area contributed by atoms with Crippen LogP contribution in [0.2, 0.25) is 0 Å². The zero-order chi connectivity index (χ0) is 17.5. The summed E-state index contributed by atoms with van der Waals surface area (Å²) in [6, 6.07) is 11.0. The van der Waals surface area contributed by atoms with Gasteiger partial charge in [0.25, 0.3) is 5.69 Å². The molecular weight excluding hydrogens is 312 g/mol. The van der Waals surface area contributed by atoms with E-state index >= 15 is 0 Å². The minimum Gasteiger partial charge on any atom is -0.493 e. The van der Waals surface area contributed by atoms with Crippen molar-refractivity contribution in [3.63, 3.8) is 0 Å². The maximum atomic E-state index is 11.8. The van der Waals surface area contributed by atoms with Crippen LogP contribution >= 0.6 is 0 Å². The maximum absolute atomic E-state index is 11.8. The van der Waals surface area contributed by atoms with E-state index in [2.05, 4.69) is 0 Å².